The van der Waals surface area contributed by atoms with Crippen molar-refractivity contribution in [1.82, 2.24) is 20.0 Å². The zero-order valence-electron chi connectivity index (χ0n) is 31.1. The van der Waals surface area contributed by atoms with Crippen LogP contribution in [0.3, 0.4) is 0 Å². The van der Waals surface area contributed by atoms with E-state index in [1.54, 1.807) is 0 Å². The van der Waals surface area contributed by atoms with Crippen LogP contribution in [0.4, 0.5) is 17.1 Å². The Bertz CT molecular complexity index is 2220. The van der Waals surface area contributed by atoms with Crippen molar-refractivity contribution in [3.63, 3.8) is 0 Å². The van der Waals surface area contributed by atoms with Gasteiger partial charge in [-0.15, -0.1) is 0 Å². The number of benzene rings is 3. The van der Waals surface area contributed by atoms with Gasteiger partial charge in [-0.3, -0.25) is 39.1 Å². The van der Waals surface area contributed by atoms with Gasteiger partial charge in [0.25, 0.3) is 17.7 Å². The molecule has 13 heteroatoms. The number of imide groups is 2. The summed E-state index contributed by atoms with van der Waals surface area (Å²) in [5.74, 6) is -1.84. The Kier molecular flexibility index (Phi) is 8.10. The highest BCUT2D eigenvalue weighted by Gasteiger charge is 2.56. The summed E-state index contributed by atoms with van der Waals surface area (Å²) in [7, 11) is 0. The molecule has 5 amide bonds. The number of piperidine rings is 2. The normalized spacial score (nSPS) is 24.0. The van der Waals surface area contributed by atoms with Crippen LogP contribution in [0.2, 0.25) is 5.02 Å². The number of anilines is 2. The van der Waals surface area contributed by atoms with Crippen LogP contribution in [-0.4, -0.2) is 95.6 Å². The molecule has 10 rings (SSSR count). The smallest absolute Gasteiger partial charge is 0.262 e. The van der Waals surface area contributed by atoms with E-state index >= 15 is 0 Å². The molecule has 5 fully saturated rings. The molecule has 6 heterocycles. The Hall–Kier alpha value is -5.25. The Morgan fingerprint density at radius 1 is 0.786 bits per heavy atom. The molecule has 1 aliphatic carbocycles. The molecule has 1 unspecified atom stereocenters. The second kappa shape index (κ2) is 12.9. The molecule has 286 valence electrons. The average Bonchev–Trinajstić information content (AvgIpc) is 3.84. The van der Waals surface area contributed by atoms with Gasteiger partial charge in [0.15, 0.2) is 0 Å². The predicted octanol–water partition coefficient (Wildman–Crippen LogP) is 5.41. The second-order valence-electron chi connectivity index (χ2n) is 17.2. The number of amides is 5. The number of halogens is 1. The standard InChI is InChI=1S/C43H42ClN7O5/c1-45-35-7-6-30(18-34(35)44)48-15-12-42(23-48)10-13-47(14-11-42)29-4-2-26(3-5-29)39(54)50-24-43(25-50)19-31(20-43)49-21-27-16-32-33(17-28(27)22-49)41(56)51(40(32)55)36-8-9-37(52)46-38(36)53/h2-7,16-18,31,36H,8-15,19-25H2,(H,46,52,53). The van der Waals surface area contributed by atoms with Crippen LogP contribution >= 0.6 is 11.6 Å². The summed E-state index contributed by atoms with van der Waals surface area (Å²) in [4.78, 5) is 77.9. The molecule has 2 spiro atoms. The maximum absolute atomic E-state index is 13.5. The van der Waals surface area contributed by atoms with Gasteiger partial charge in [0, 0.05) is 92.2 Å². The third-order valence-electron chi connectivity index (χ3n) is 13.9. The van der Waals surface area contributed by atoms with Crippen LogP contribution in [0.25, 0.3) is 4.85 Å². The minimum atomic E-state index is -0.964. The van der Waals surface area contributed by atoms with Crippen LogP contribution < -0.4 is 15.1 Å². The van der Waals surface area contributed by atoms with Crippen molar-refractivity contribution in [3.8, 4) is 0 Å². The van der Waals surface area contributed by atoms with Crippen molar-refractivity contribution in [2.75, 3.05) is 49.1 Å². The van der Waals surface area contributed by atoms with Crippen molar-refractivity contribution in [2.24, 2.45) is 10.8 Å². The lowest BCUT2D eigenvalue weighted by atomic mass is 9.60. The van der Waals surface area contributed by atoms with Gasteiger partial charge in [0.1, 0.15) is 6.04 Å². The highest BCUT2D eigenvalue weighted by Crippen LogP contribution is 2.52. The number of carbonyl (C=O) groups excluding carboxylic acids is 5. The number of nitrogens with zero attached hydrogens (tertiary/aromatic N) is 6. The third kappa shape index (κ3) is 5.69. The molecule has 1 atom stereocenters. The number of hydrogen-bond acceptors (Lipinski definition) is 8. The second-order valence-corrected chi connectivity index (χ2v) is 17.6. The van der Waals surface area contributed by atoms with Gasteiger partial charge in [-0.05, 0) is 104 Å². The van der Waals surface area contributed by atoms with Crippen molar-refractivity contribution in [1.29, 1.82) is 0 Å². The molecular weight excluding hydrogens is 730 g/mol. The number of rotatable bonds is 5. The minimum Gasteiger partial charge on any atom is -0.371 e. The molecule has 1 saturated carbocycles. The van der Waals surface area contributed by atoms with Crippen molar-refractivity contribution < 1.29 is 24.0 Å². The number of likely N-dealkylation sites (tertiary alicyclic amines) is 1. The summed E-state index contributed by atoms with van der Waals surface area (Å²) in [6.07, 6.45) is 5.65. The van der Waals surface area contributed by atoms with Crippen LogP contribution in [-0.2, 0) is 22.7 Å². The van der Waals surface area contributed by atoms with E-state index in [1.807, 2.05) is 47.4 Å². The first-order chi connectivity index (χ1) is 27.0. The first-order valence-corrected chi connectivity index (χ1v) is 20.1. The van der Waals surface area contributed by atoms with Crippen molar-refractivity contribution in [3.05, 3.63) is 98.9 Å². The molecule has 0 radical (unpaired) electrons. The molecule has 0 bridgehead atoms. The molecule has 56 heavy (non-hydrogen) atoms. The molecule has 4 saturated heterocycles. The Morgan fingerprint density at radius 3 is 2.02 bits per heavy atom. The number of nitrogens with one attached hydrogen (secondary N) is 1. The first-order valence-electron chi connectivity index (χ1n) is 19.7. The molecule has 3 aromatic rings. The van der Waals surface area contributed by atoms with Gasteiger partial charge >= 0.3 is 0 Å². The average molecular weight is 772 g/mol. The number of carbonyl (C=O) groups is 5. The third-order valence-corrected chi connectivity index (χ3v) is 14.2. The summed E-state index contributed by atoms with van der Waals surface area (Å²) in [5.41, 5.74) is 6.64. The number of hydrogen-bond donors (Lipinski definition) is 1. The van der Waals surface area contributed by atoms with E-state index in [-0.39, 0.29) is 35.5 Å². The summed E-state index contributed by atoms with van der Waals surface area (Å²) in [6.45, 7) is 14.2. The summed E-state index contributed by atoms with van der Waals surface area (Å²) >= 11 is 6.34. The van der Waals surface area contributed by atoms with Crippen LogP contribution in [0.5, 0.6) is 0 Å². The van der Waals surface area contributed by atoms with E-state index in [0.717, 1.165) is 104 Å². The maximum Gasteiger partial charge on any atom is 0.262 e. The maximum atomic E-state index is 13.5. The lowest BCUT2D eigenvalue weighted by molar-refractivity contribution is -0.136. The topological polar surface area (TPSA) is 118 Å². The van der Waals surface area contributed by atoms with Gasteiger partial charge in [0.05, 0.1) is 17.7 Å². The van der Waals surface area contributed by atoms with Gasteiger partial charge in [-0.2, -0.15) is 0 Å². The van der Waals surface area contributed by atoms with Gasteiger partial charge in [-0.1, -0.05) is 17.7 Å². The molecular formula is C43H42ClN7O5. The Labute approximate surface area is 330 Å². The molecule has 0 aromatic heterocycles. The van der Waals surface area contributed by atoms with Crippen LogP contribution in [0.1, 0.15) is 87.1 Å². The molecule has 3 aromatic carbocycles. The molecule has 6 aliphatic heterocycles. The zero-order valence-corrected chi connectivity index (χ0v) is 31.8. The monoisotopic (exact) mass is 771 g/mol. The fraction of sp³-hybridized carbons (Fsp3) is 0.442. The fourth-order valence-electron chi connectivity index (χ4n) is 10.6. The largest absolute Gasteiger partial charge is 0.371 e. The predicted molar refractivity (Wildman–Crippen MR) is 209 cm³/mol. The highest BCUT2D eigenvalue weighted by molar-refractivity contribution is 6.33. The van der Waals surface area contributed by atoms with E-state index in [0.29, 0.717) is 41.0 Å². The van der Waals surface area contributed by atoms with E-state index in [2.05, 4.69) is 37.0 Å². The van der Waals surface area contributed by atoms with E-state index in [9.17, 15) is 24.0 Å². The number of fused-ring (bicyclic) bond motifs is 2. The summed E-state index contributed by atoms with van der Waals surface area (Å²) in [5, 5.41) is 2.76. The minimum absolute atomic E-state index is 0.0857. The Morgan fingerprint density at radius 2 is 1.41 bits per heavy atom. The van der Waals surface area contributed by atoms with Gasteiger partial charge in [0.2, 0.25) is 17.5 Å². The summed E-state index contributed by atoms with van der Waals surface area (Å²) < 4.78 is 0. The van der Waals surface area contributed by atoms with Crippen molar-refractivity contribution in [2.45, 2.75) is 70.1 Å². The first kappa shape index (κ1) is 35.2. The van der Waals surface area contributed by atoms with Crippen LogP contribution in [0.15, 0.2) is 54.6 Å². The lowest BCUT2D eigenvalue weighted by Crippen LogP contribution is -2.67. The van der Waals surface area contributed by atoms with Gasteiger partial charge in [-0.25, -0.2) is 4.85 Å². The van der Waals surface area contributed by atoms with E-state index in [4.69, 9.17) is 18.2 Å². The fourth-order valence-corrected chi connectivity index (χ4v) is 10.8. The van der Waals surface area contributed by atoms with Gasteiger partial charge < -0.3 is 14.7 Å². The van der Waals surface area contributed by atoms with E-state index in [1.165, 1.54) is 0 Å². The lowest BCUT2D eigenvalue weighted by Gasteiger charge is -2.60. The SMILES string of the molecule is [C-]#[N+]c1ccc(N2CCC3(CCN(c4ccc(C(=O)N5CC6(CC(N7Cc8cc9c(cc8C7)C(=O)N(C7CCC(=O)NC7=O)C9=O)C6)C5)cc4)CC3)C2)cc1Cl. The quantitative estimate of drug-likeness (QED) is 0.271. The van der Waals surface area contributed by atoms with Crippen molar-refractivity contribution >= 4 is 58.2 Å². The van der Waals surface area contributed by atoms with Crippen LogP contribution in [0, 0.1) is 17.4 Å². The molecule has 1 N–H and O–H groups in total. The van der Waals surface area contributed by atoms with E-state index < -0.39 is 23.8 Å². The zero-order chi connectivity index (χ0) is 38.5. The summed E-state index contributed by atoms with van der Waals surface area (Å²) in [6, 6.07) is 17.0. The Balaban J connectivity index is 0.696. The molecule has 12 nitrogen and oxygen atoms in total. The molecule has 7 aliphatic rings. The highest BCUT2D eigenvalue weighted by atomic mass is 35.5.